The lowest BCUT2D eigenvalue weighted by Crippen LogP contribution is -2.26. The molecule has 1 aromatic carbocycles. The van der Waals surface area contributed by atoms with Crippen molar-refractivity contribution < 1.29 is 0 Å². The molecule has 2 rings (SSSR count). The van der Waals surface area contributed by atoms with E-state index in [0.717, 1.165) is 11.1 Å². The number of hydrogen-bond donors (Lipinski definition) is 0. The molecule has 1 aromatic rings. The number of benzene rings is 1. The van der Waals surface area contributed by atoms with E-state index >= 15 is 0 Å². The fraction of sp³-hybridized carbons (Fsp3) is 0.250. The number of hydrogen-bond acceptors (Lipinski definition) is 1. The van der Waals surface area contributed by atoms with Gasteiger partial charge in [-0.2, -0.15) is 0 Å². The van der Waals surface area contributed by atoms with E-state index in [1.165, 1.54) is 21.9 Å². The van der Waals surface area contributed by atoms with Gasteiger partial charge < -0.3 is 0 Å². The van der Waals surface area contributed by atoms with Gasteiger partial charge in [-0.15, -0.1) is 0 Å². The van der Waals surface area contributed by atoms with E-state index in [-0.39, 0.29) is 0 Å². The third-order valence-electron chi connectivity index (χ3n) is 2.78. The number of allylic oxidation sites excluding steroid dienone is 1. The highest BCUT2D eigenvalue weighted by Crippen LogP contribution is 2.11. The van der Waals surface area contributed by atoms with Crippen molar-refractivity contribution in [3.63, 3.8) is 0 Å². The van der Waals surface area contributed by atoms with Crippen LogP contribution in [0.5, 0.6) is 0 Å². The number of fused-ring (bicyclic) bond motifs is 1. The van der Waals surface area contributed by atoms with E-state index in [1.54, 1.807) is 0 Å². The molecule has 0 fully saturated rings. The third kappa shape index (κ3) is 1.04. The smallest absolute Gasteiger partial charge is 0.0715 e. The number of nitrogens with zero attached hydrogens (tertiary/aromatic N) is 1. The normalized spacial score (nSPS) is 14.4. The Morgan fingerprint density at radius 3 is 2.54 bits per heavy atom. The van der Waals surface area contributed by atoms with Crippen molar-refractivity contribution in [2.45, 2.75) is 20.8 Å². The molecule has 0 unspecified atom stereocenters. The zero-order chi connectivity index (χ0) is 9.59. The van der Waals surface area contributed by atoms with Crippen LogP contribution >= 0.6 is 0 Å². The Morgan fingerprint density at radius 2 is 1.85 bits per heavy atom. The minimum Gasteiger partial charge on any atom is -0.249 e. The predicted octanol–water partition coefficient (Wildman–Crippen LogP) is 1.62. The van der Waals surface area contributed by atoms with Crippen LogP contribution in [0.3, 0.4) is 0 Å². The second-order valence-corrected chi connectivity index (χ2v) is 3.59. The molecule has 0 amide bonds. The Balaban J connectivity index is 3.04. The maximum Gasteiger partial charge on any atom is 0.0715 e. The van der Waals surface area contributed by atoms with Gasteiger partial charge in [-0.25, -0.2) is 4.99 Å². The SMILES string of the molecule is C=C1N=c2ccc(C)c(C)c2=C1C. The Hall–Kier alpha value is -1.37. The summed E-state index contributed by atoms with van der Waals surface area (Å²) >= 11 is 0. The number of aryl methyl sites for hydroxylation is 1. The summed E-state index contributed by atoms with van der Waals surface area (Å²) in [6.07, 6.45) is 0. The van der Waals surface area contributed by atoms with Crippen molar-refractivity contribution in [2.75, 3.05) is 0 Å². The van der Waals surface area contributed by atoms with Gasteiger partial charge in [-0.1, -0.05) is 12.6 Å². The molecule has 1 heterocycles. The molecule has 13 heavy (non-hydrogen) atoms. The molecule has 1 heteroatoms. The minimum absolute atomic E-state index is 0.906. The van der Waals surface area contributed by atoms with Crippen LogP contribution in [0.4, 0.5) is 0 Å². The second-order valence-electron chi connectivity index (χ2n) is 3.59. The summed E-state index contributed by atoms with van der Waals surface area (Å²) in [6.45, 7) is 10.3. The lowest BCUT2D eigenvalue weighted by atomic mass is 10.0. The van der Waals surface area contributed by atoms with Gasteiger partial charge in [0.15, 0.2) is 0 Å². The quantitative estimate of drug-likeness (QED) is 0.562. The molecular formula is C12H13N. The van der Waals surface area contributed by atoms with Crippen LogP contribution in [-0.4, -0.2) is 0 Å². The van der Waals surface area contributed by atoms with Gasteiger partial charge in [0.1, 0.15) is 0 Å². The average Bonchev–Trinajstić information content (AvgIpc) is 2.37. The van der Waals surface area contributed by atoms with Gasteiger partial charge in [0.2, 0.25) is 0 Å². The van der Waals surface area contributed by atoms with E-state index in [9.17, 15) is 0 Å². The molecule has 66 valence electrons. The van der Waals surface area contributed by atoms with Crippen LogP contribution < -0.4 is 10.6 Å². The summed E-state index contributed by atoms with van der Waals surface area (Å²) in [7, 11) is 0. The van der Waals surface area contributed by atoms with Gasteiger partial charge in [-0.05, 0) is 43.5 Å². The van der Waals surface area contributed by atoms with Crippen molar-refractivity contribution in [2.24, 2.45) is 4.99 Å². The largest absolute Gasteiger partial charge is 0.249 e. The third-order valence-corrected chi connectivity index (χ3v) is 2.78. The molecule has 1 aliphatic heterocycles. The van der Waals surface area contributed by atoms with Crippen molar-refractivity contribution in [1.82, 2.24) is 0 Å². The molecule has 0 atom stereocenters. The molecule has 0 bridgehead atoms. The Morgan fingerprint density at radius 1 is 1.15 bits per heavy atom. The van der Waals surface area contributed by atoms with Gasteiger partial charge in [0, 0.05) is 5.22 Å². The first kappa shape index (κ1) is 8.24. The van der Waals surface area contributed by atoms with Gasteiger partial charge in [-0.3, -0.25) is 0 Å². The van der Waals surface area contributed by atoms with Crippen molar-refractivity contribution in [3.05, 3.63) is 46.1 Å². The highest BCUT2D eigenvalue weighted by atomic mass is 14.8. The van der Waals surface area contributed by atoms with Crippen molar-refractivity contribution in [1.29, 1.82) is 0 Å². The second kappa shape index (κ2) is 2.56. The topological polar surface area (TPSA) is 12.4 Å². The Kier molecular flexibility index (Phi) is 1.62. The van der Waals surface area contributed by atoms with Crippen LogP contribution in [0.25, 0.3) is 5.57 Å². The molecule has 0 radical (unpaired) electrons. The fourth-order valence-corrected chi connectivity index (χ4v) is 1.74. The first-order chi connectivity index (χ1) is 6.11. The molecular weight excluding hydrogens is 158 g/mol. The molecule has 0 N–H and O–H groups in total. The molecule has 1 nitrogen and oxygen atoms in total. The fourth-order valence-electron chi connectivity index (χ4n) is 1.74. The lowest BCUT2D eigenvalue weighted by Gasteiger charge is -1.99. The van der Waals surface area contributed by atoms with Gasteiger partial charge in [0.25, 0.3) is 0 Å². The minimum atomic E-state index is 0.906. The van der Waals surface area contributed by atoms with Crippen LogP contribution in [-0.2, 0) is 0 Å². The van der Waals surface area contributed by atoms with Crippen LogP contribution in [0.2, 0.25) is 0 Å². The summed E-state index contributed by atoms with van der Waals surface area (Å²) in [4.78, 5) is 4.40. The monoisotopic (exact) mass is 171 g/mol. The molecule has 0 aliphatic carbocycles. The Labute approximate surface area is 78.1 Å². The van der Waals surface area contributed by atoms with Crippen LogP contribution in [0, 0.1) is 13.8 Å². The predicted molar refractivity (Wildman–Crippen MR) is 54.9 cm³/mol. The van der Waals surface area contributed by atoms with E-state index < -0.39 is 0 Å². The molecule has 0 aromatic heterocycles. The molecule has 1 aliphatic rings. The van der Waals surface area contributed by atoms with E-state index in [0.29, 0.717) is 0 Å². The van der Waals surface area contributed by atoms with Gasteiger partial charge >= 0.3 is 0 Å². The van der Waals surface area contributed by atoms with Crippen LogP contribution in [0.15, 0.2) is 29.4 Å². The summed E-state index contributed by atoms with van der Waals surface area (Å²) < 4.78 is 0. The zero-order valence-electron chi connectivity index (χ0n) is 8.31. The summed E-state index contributed by atoms with van der Waals surface area (Å²) in [5.41, 5.74) is 4.78. The zero-order valence-corrected chi connectivity index (χ0v) is 8.31. The standard InChI is InChI=1S/C12H13N/c1-7-5-6-11-12(8(7)2)9(3)10(4)13-11/h5-6H,4H2,1-3H3. The van der Waals surface area contributed by atoms with Gasteiger partial charge in [0.05, 0.1) is 11.1 Å². The van der Waals surface area contributed by atoms with Crippen molar-refractivity contribution in [3.8, 4) is 0 Å². The molecule has 0 saturated heterocycles. The van der Waals surface area contributed by atoms with Crippen LogP contribution in [0.1, 0.15) is 18.1 Å². The molecule has 0 saturated carbocycles. The highest BCUT2D eigenvalue weighted by molar-refractivity contribution is 5.64. The maximum atomic E-state index is 4.40. The average molecular weight is 171 g/mol. The first-order valence-electron chi connectivity index (χ1n) is 4.46. The maximum absolute atomic E-state index is 4.40. The lowest BCUT2D eigenvalue weighted by molar-refractivity contribution is 1.24. The summed E-state index contributed by atoms with van der Waals surface area (Å²) in [5, 5.41) is 2.36. The number of rotatable bonds is 0. The summed E-state index contributed by atoms with van der Waals surface area (Å²) in [6, 6.07) is 4.18. The van der Waals surface area contributed by atoms with E-state index in [4.69, 9.17) is 0 Å². The Bertz CT molecular complexity index is 507. The summed E-state index contributed by atoms with van der Waals surface area (Å²) in [5.74, 6) is 0. The van der Waals surface area contributed by atoms with E-state index in [2.05, 4.69) is 44.5 Å². The van der Waals surface area contributed by atoms with E-state index in [1.807, 2.05) is 0 Å². The first-order valence-corrected chi connectivity index (χ1v) is 4.46. The highest BCUT2D eigenvalue weighted by Gasteiger charge is 2.08. The van der Waals surface area contributed by atoms with Crippen molar-refractivity contribution >= 4 is 5.57 Å². The molecule has 0 spiro atoms.